The number of rotatable bonds is 7. The molecule has 0 spiro atoms. The molecule has 1 aliphatic rings. The monoisotopic (exact) mass is 326 g/mol. The van der Waals surface area contributed by atoms with Crippen LogP contribution in [0.3, 0.4) is 0 Å². The van der Waals surface area contributed by atoms with Gasteiger partial charge in [-0.05, 0) is 6.07 Å². The summed E-state index contributed by atoms with van der Waals surface area (Å²) in [6.07, 6.45) is 0.326. The predicted octanol–water partition coefficient (Wildman–Crippen LogP) is 1.44. The first kappa shape index (κ1) is 16.9. The molecule has 23 heavy (non-hydrogen) atoms. The van der Waals surface area contributed by atoms with Crippen molar-refractivity contribution >= 4 is 17.7 Å². The molecule has 1 aliphatic heterocycles. The van der Waals surface area contributed by atoms with E-state index >= 15 is 0 Å². The zero-order valence-corrected chi connectivity index (χ0v) is 12.3. The fraction of sp³-hybridized carbons (Fsp3) is 0.400. The number of nitrogens with zero attached hydrogens (tertiary/aromatic N) is 1. The lowest BCUT2D eigenvalue weighted by Crippen LogP contribution is -2.34. The third-order valence-corrected chi connectivity index (χ3v) is 3.38. The summed E-state index contributed by atoms with van der Waals surface area (Å²) in [6.45, 7) is -2.90. The number of alkyl halides is 2. The van der Waals surface area contributed by atoms with Gasteiger partial charge in [-0.25, -0.2) is 0 Å². The van der Waals surface area contributed by atoms with Crippen LogP contribution in [-0.4, -0.2) is 35.8 Å². The van der Waals surface area contributed by atoms with Crippen LogP contribution in [0, 0.1) is 0 Å². The fourth-order valence-electron chi connectivity index (χ4n) is 2.23. The van der Waals surface area contributed by atoms with Gasteiger partial charge in [0.15, 0.2) is 0 Å². The Hall–Kier alpha value is -2.51. The number of benzene rings is 1. The minimum atomic E-state index is -2.95. The standard InChI is InChI=1S/C15H16F2N2O4/c16-15(17)23-11-4-2-1-3-10(11)9-18-12(20)7-8-19-13(21)5-6-14(19)22/h1-4,15H,5-9H2,(H,18,20). The molecule has 1 aromatic carbocycles. The van der Waals surface area contributed by atoms with E-state index in [1.54, 1.807) is 18.2 Å². The minimum Gasteiger partial charge on any atom is -0.434 e. The van der Waals surface area contributed by atoms with Crippen molar-refractivity contribution < 1.29 is 27.9 Å². The van der Waals surface area contributed by atoms with E-state index in [4.69, 9.17) is 0 Å². The third kappa shape index (κ3) is 4.73. The van der Waals surface area contributed by atoms with Gasteiger partial charge in [0.25, 0.3) is 0 Å². The molecular formula is C15H16F2N2O4. The van der Waals surface area contributed by atoms with Crippen LogP contribution < -0.4 is 10.1 Å². The van der Waals surface area contributed by atoms with Crippen LogP contribution in [0.25, 0.3) is 0 Å². The number of hydrogen-bond acceptors (Lipinski definition) is 4. The topological polar surface area (TPSA) is 75.7 Å². The molecule has 0 radical (unpaired) electrons. The summed E-state index contributed by atoms with van der Waals surface area (Å²) in [5.41, 5.74) is 0.412. The second kappa shape index (κ2) is 7.66. The van der Waals surface area contributed by atoms with Gasteiger partial charge in [-0.1, -0.05) is 18.2 Å². The quantitative estimate of drug-likeness (QED) is 0.770. The van der Waals surface area contributed by atoms with Crippen molar-refractivity contribution in [1.29, 1.82) is 0 Å². The zero-order chi connectivity index (χ0) is 16.8. The Kier molecular flexibility index (Phi) is 5.61. The molecule has 1 N–H and O–H groups in total. The number of carbonyl (C=O) groups excluding carboxylic acids is 3. The van der Waals surface area contributed by atoms with Gasteiger partial charge in [-0.3, -0.25) is 19.3 Å². The van der Waals surface area contributed by atoms with Crippen LogP contribution in [-0.2, 0) is 20.9 Å². The molecule has 1 fully saturated rings. The molecule has 0 aromatic heterocycles. The van der Waals surface area contributed by atoms with Crippen molar-refractivity contribution in [1.82, 2.24) is 10.2 Å². The Morgan fingerprint density at radius 3 is 2.52 bits per heavy atom. The summed E-state index contributed by atoms with van der Waals surface area (Å²) in [5.74, 6) is -0.950. The lowest BCUT2D eigenvalue weighted by atomic mass is 10.2. The third-order valence-electron chi connectivity index (χ3n) is 3.38. The first-order chi connectivity index (χ1) is 11.0. The van der Waals surface area contributed by atoms with E-state index in [-0.39, 0.29) is 55.8 Å². The maximum atomic E-state index is 12.3. The Morgan fingerprint density at radius 1 is 1.22 bits per heavy atom. The summed E-state index contributed by atoms with van der Waals surface area (Å²) in [7, 11) is 0. The highest BCUT2D eigenvalue weighted by atomic mass is 19.3. The first-order valence-corrected chi connectivity index (χ1v) is 7.10. The lowest BCUT2D eigenvalue weighted by molar-refractivity contribution is -0.138. The van der Waals surface area contributed by atoms with E-state index in [0.29, 0.717) is 5.56 Å². The second-order valence-electron chi connectivity index (χ2n) is 4.95. The van der Waals surface area contributed by atoms with Gasteiger partial charge in [-0.15, -0.1) is 0 Å². The number of para-hydroxylation sites is 1. The van der Waals surface area contributed by atoms with Gasteiger partial charge in [0.1, 0.15) is 5.75 Å². The van der Waals surface area contributed by atoms with E-state index in [2.05, 4.69) is 10.1 Å². The molecule has 0 unspecified atom stereocenters. The number of nitrogens with one attached hydrogen (secondary N) is 1. The predicted molar refractivity (Wildman–Crippen MR) is 75.5 cm³/mol. The Balaban J connectivity index is 1.83. The van der Waals surface area contributed by atoms with Crippen LogP contribution >= 0.6 is 0 Å². The Labute approximate surface area is 131 Å². The van der Waals surface area contributed by atoms with Crippen LogP contribution in [0.15, 0.2) is 24.3 Å². The largest absolute Gasteiger partial charge is 0.434 e. The smallest absolute Gasteiger partial charge is 0.387 e. The van der Waals surface area contributed by atoms with Crippen molar-refractivity contribution in [3.05, 3.63) is 29.8 Å². The van der Waals surface area contributed by atoms with Crippen LogP contribution in [0.5, 0.6) is 5.75 Å². The number of imide groups is 1. The molecule has 3 amide bonds. The van der Waals surface area contributed by atoms with E-state index in [9.17, 15) is 23.2 Å². The average molecular weight is 326 g/mol. The van der Waals surface area contributed by atoms with Crippen LogP contribution in [0.4, 0.5) is 8.78 Å². The average Bonchev–Trinajstić information content (AvgIpc) is 2.82. The molecule has 6 nitrogen and oxygen atoms in total. The summed E-state index contributed by atoms with van der Waals surface area (Å²) in [6, 6.07) is 6.13. The Morgan fingerprint density at radius 2 is 1.87 bits per heavy atom. The van der Waals surface area contributed by atoms with Gasteiger partial charge in [0.05, 0.1) is 0 Å². The number of ether oxygens (including phenoxy) is 1. The molecule has 1 heterocycles. The van der Waals surface area contributed by atoms with Crippen molar-refractivity contribution in [3.63, 3.8) is 0 Å². The van der Waals surface area contributed by atoms with Gasteiger partial charge in [0, 0.05) is 37.9 Å². The second-order valence-corrected chi connectivity index (χ2v) is 4.95. The number of carbonyl (C=O) groups is 3. The summed E-state index contributed by atoms with van der Waals surface area (Å²) < 4.78 is 28.9. The molecular weight excluding hydrogens is 310 g/mol. The Bertz CT molecular complexity index is 591. The van der Waals surface area contributed by atoms with Gasteiger partial charge >= 0.3 is 6.61 Å². The normalized spacial score (nSPS) is 14.5. The molecule has 8 heteroatoms. The minimum absolute atomic E-state index is 0.00676. The highest BCUT2D eigenvalue weighted by Crippen LogP contribution is 2.20. The summed E-state index contributed by atoms with van der Waals surface area (Å²) in [4.78, 5) is 35.7. The molecule has 0 bridgehead atoms. The molecule has 1 aromatic rings. The molecule has 1 saturated heterocycles. The molecule has 0 atom stereocenters. The number of halogens is 2. The van der Waals surface area contributed by atoms with Gasteiger partial charge < -0.3 is 10.1 Å². The highest BCUT2D eigenvalue weighted by Gasteiger charge is 2.28. The maximum Gasteiger partial charge on any atom is 0.387 e. The van der Waals surface area contributed by atoms with Crippen molar-refractivity contribution in [3.8, 4) is 5.75 Å². The van der Waals surface area contributed by atoms with Gasteiger partial charge in [0.2, 0.25) is 17.7 Å². The fourth-order valence-corrected chi connectivity index (χ4v) is 2.23. The first-order valence-electron chi connectivity index (χ1n) is 7.10. The molecule has 0 saturated carbocycles. The molecule has 2 rings (SSSR count). The molecule has 124 valence electrons. The number of amides is 3. The van der Waals surface area contributed by atoms with Crippen molar-refractivity contribution in [2.24, 2.45) is 0 Å². The number of hydrogen-bond donors (Lipinski definition) is 1. The van der Waals surface area contributed by atoms with Crippen molar-refractivity contribution in [2.75, 3.05) is 6.54 Å². The maximum absolute atomic E-state index is 12.3. The SMILES string of the molecule is O=C(CCN1C(=O)CCC1=O)NCc1ccccc1OC(F)F. The zero-order valence-electron chi connectivity index (χ0n) is 12.3. The van der Waals surface area contributed by atoms with Crippen LogP contribution in [0.1, 0.15) is 24.8 Å². The van der Waals surface area contributed by atoms with E-state index in [0.717, 1.165) is 4.90 Å². The van der Waals surface area contributed by atoms with Crippen molar-refractivity contribution in [2.45, 2.75) is 32.4 Å². The van der Waals surface area contributed by atoms with E-state index in [1.165, 1.54) is 6.07 Å². The number of likely N-dealkylation sites (tertiary alicyclic amines) is 1. The van der Waals surface area contributed by atoms with E-state index in [1.807, 2.05) is 0 Å². The highest BCUT2D eigenvalue weighted by molar-refractivity contribution is 6.02. The lowest BCUT2D eigenvalue weighted by Gasteiger charge is -2.14. The summed E-state index contributed by atoms with van der Waals surface area (Å²) in [5, 5.41) is 2.55. The van der Waals surface area contributed by atoms with E-state index < -0.39 is 6.61 Å². The summed E-state index contributed by atoms with van der Waals surface area (Å²) >= 11 is 0. The molecule has 0 aliphatic carbocycles. The van der Waals surface area contributed by atoms with Gasteiger partial charge in [-0.2, -0.15) is 8.78 Å². The van der Waals surface area contributed by atoms with Crippen LogP contribution in [0.2, 0.25) is 0 Å².